The first-order valence-corrected chi connectivity index (χ1v) is 4.75. The topological polar surface area (TPSA) is 13.1 Å². The molecule has 1 aliphatic carbocycles. The summed E-state index contributed by atoms with van der Waals surface area (Å²) >= 11 is 0. The molecule has 0 aliphatic heterocycles. The summed E-state index contributed by atoms with van der Waals surface area (Å²) in [4.78, 5) is 0. The zero-order valence-corrected chi connectivity index (χ0v) is 7.84. The first-order valence-electron chi connectivity index (χ1n) is 4.75. The number of alkyl halides is 2. The number of fused-ring (bicyclic) bond motifs is 3. The number of hydrogen-bond acceptors (Lipinski definition) is 1. The van der Waals surface area contributed by atoms with E-state index in [1.807, 2.05) is 6.07 Å². The Balaban J connectivity index is 2.40. The molecule has 0 bridgehead atoms. The number of allylic oxidation sites excluding steroid dienone is 1. The summed E-state index contributed by atoms with van der Waals surface area (Å²) < 4.78 is 32.2. The molecule has 0 saturated carbocycles. The van der Waals surface area contributed by atoms with Crippen molar-refractivity contribution in [2.45, 2.75) is 12.3 Å². The van der Waals surface area contributed by atoms with Gasteiger partial charge in [-0.1, -0.05) is 30.4 Å². The van der Waals surface area contributed by atoms with Crippen molar-refractivity contribution in [2.24, 2.45) is 0 Å². The van der Waals surface area contributed by atoms with Gasteiger partial charge in [0.2, 0.25) is 0 Å². The highest BCUT2D eigenvalue weighted by molar-refractivity contribution is 5.89. The van der Waals surface area contributed by atoms with Crippen LogP contribution in [0.2, 0.25) is 0 Å². The Morgan fingerprint density at radius 3 is 2.87 bits per heavy atom. The Morgan fingerprint density at radius 1 is 1.20 bits per heavy atom. The lowest BCUT2D eigenvalue weighted by molar-refractivity contribution is -0.0226. The van der Waals surface area contributed by atoms with Gasteiger partial charge in [-0.15, -0.1) is 0 Å². The molecule has 0 amide bonds. The first-order chi connectivity index (χ1) is 7.18. The molecule has 0 unspecified atom stereocenters. The van der Waals surface area contributed by atoms with Crippen molar-refractivity contribution in [2.75, 3.05) is 0 Å². The maximum absolute atomic E-state index is 13.5. The number of hydrogen-bond donors (Lipinski definition) is 0. The van der Waals surface area contributed by atoms with Gasteiger partial charge in [0.1, 0.15) is 5.58 Å². The van der Waals surface area contributed by atoms with Gasteiger partial charge in [-0.2, -0.15) is 8.78 Å². The zero-order valence-electron chi connectivity index (χ0n) is 7.84. The molecule has 3 rings (SSSR count). The molecule has 1 heterocycles. The molecule has 0 saturated heterocycles. The third-order valence-electron chi connectivity index (χ3n) is 2.62. The number of furan rings is 1. The summed E-state index contributed by atoms with van der Waals surface area (Å²) in [6, 6.07) is 7.10. The van der Waals surface area contributed by atoms with Crippen LogP contribution in [0.5, 0.6) is 0 Å². The van der Waals surface area contributed by atoms with E-state index in [0.29, 0.717) is 11.1 Å². The summed E-state index contributed by atoms with van der Waals surface area (Å²) in [5.74, 6) is -3.07. The highest BCUT2D eigenvalue weighted by atomic mass is 19.3. The van der Waals surface area contributed by atoms with E-state index in [1.54, 1.807) is 24.3 Å². The van der Waals surface area contributed by atoms with Gasteiger partial charge in [0.25, 0.3) is 0 Å². The minimum absolute atomic E-state index is 0.203. The molecule has 1 aliphatic rings. The van der Waals surface area contributed by atoms with Crippen molar-refractivity contribution in [1.82, 2.24) is 0 Å². The largest absolute Gasteiger partial charge is 0.454 e. The van der Waals surface area contributed by atoms with E-state index in [-0.39, 0.29) is 12.2 Å². The van der Waals surface area contributed by atoms with Crippen molar-refractivity contribution in [1.29, 1.82) is 0 Å². The van der Waals surface area contributed by atoms with Crippen LogP contribution in [0.1, 0.15) is 17.7 Å². The summed E-state index contributed by atoms with van der Waals surface area (Å²) in [5, 5.41) is 0.753. The molecular formula is C12H8F2O. The standard InChI is InChI=1S/C12H8F2O/c13-12(14)7-3-5-9-8-4-1-2-6-10(8)15-11(9)12/h1-6H,7H2. The Labute approximate surface area is 85.0 Å². The van der Waals surface area contributed by atoms with E-state index in [1.165, 1.54) is 6.08 Å². The Morgan fingerprint density at radius 2 is 2.00 bits per heavy atom. The molecule has 2 aromatic rings. The van der Waals surface area contributed by atoms with Gasteiger partial charge >= 0.3 is 5.92 Å². The van der Waals surface area contributed by atoms with Crippen molar-refractivity contribution in [3.05, 3.63) is 41.7 Å². The molecule has 76 valence electrons. The van der Waals surface area contributed by atoms with Crippen molar-refractivity contribution >= 4 is 17.0 Å². The molecule has 0 N–H and O–H groups in total. The average Bonchev–Trinajstić information content (AvgIpc) is 2.58. The number of benzene rings is 1. The summed E-state index contributed by atoms with van der Waals surface area (Å²) in [6.07, 6.45) is 2.92. The van der Waals surface area contributed by atoms with Gasteiger partial charge in [-0.3, -0.25) is 0 Å². The highest BCUT2D eigenvalue weighted by Crippen LogP contribution is 2.42. The summed E-state index contributed by atoms with van der Waals surface area (Å²) in [5.41, 5.74) is 1.04. The normalized spacial score (nSPS) is 18.0. The molecule has 0 radical (unpaired) electrons. The van der Waals surface area contributed by atoms with E-state index in [2.05, 4.69) is 0 Å². The highest BCUT2D eigenvalue weighted by Gasteiger charge is 2.39. The molecule has 15 heavy (non-hydrogen) atoms. The van der Waals surface area contributed by atoms with Crippen LogP contribution in [0.3, 0.4) is 0 Å². The van der Waals surface area contributed by atoms with Crippen molar-refractivity contribution < 1.29 is 13.2 Å². The van der Waals surface area contributed by atoms with E-state index < -0.39 is 5.92 Å². The smallest absolute Gasteiger partial charge is 0.308 e. The Hall–Kier alpha value is -1.64. The Bertz CT molecular complexity index is 552. The maximum Gasteiger partial charge on any atom is 0.308 e. The zero-order chi connectivity index (χ0) is 10.5. The summed E-state index contributed by atoms with van der Waals surface area (Å²) in [6.45, 7) is 0. The monoisotopic (exact) mass is 206 g/mol. The molecule has 1 aromatic carbocycles. The van der Waals surface area contributed by atoms with Crippen LogP contribution >= 0.6 is 0 Å². The van der Waals surface area contributed by atoms with Crippen molar-refractivity contribution in [3.8, 4) is 0 Å². The van der Waals surface area contributed by atoms with Gasteiger partial charge in [0.15, 0.2) is 5.76 Å². The number of rotatable bonds is 0. The SMILES string of the molecule is FC1(F)CC=Cc2c1oc1ccccc21. The lowest BCUT2D eigenvalue weighted by Gasteiger charge is -2.15. The van der Waals surface area contributed by atoms with Gasteiger partial charge in [-0.05, 0) is 6.07 Å². The first kappa shape index (κ1) is 8.65. The minimum Gasteiger partial charge on any atom is -0.454 e. The lowest BCUT2D eigenvalue weighted by atomic mass is 10.00. The molecule has 1 nitrogen and oxygen atoms in total. The molecule has 0 fully saturated rings. The van der Waals surface area contributed by atoms with Gasteiger partial charge in [0, 0.05) is 17.4 Å². The lowest BCUT2D eigenvalue weighted by Crippen LogP contribution is -2.14. The van der Waals surface area contributed by atoms with Gasteiger partial charge in [0.05, 0.1) is 0 Å². The van der Waals surface area contributed by atoms with E-state index in [0.717, 1.165) is 5.39 Å². The van der Waals surface area contributed by atoms with E-state index >= 15 is 0 Å². The van der Waals surface area contributed by atoms with E-state index in [4.69, 9.17) is 4.42 Å². The second-order valence-electron chi connectivity index (χ2n) is 3.65. The van der Waals surface area contributed by atoms with Crippen LogP contribution in [-0.2, 0) is 5.92 Å². The predicted molar refractivity (Wildman–Crippen MR) is 53.8 cm³/mol. The molecule has 1 aromatic heterocycles. The number of halogens is 2. The van der Waals surface area contributed by atoms with Crippen LogP contribution in [0.15, 0.2) is 34.8 Å². The van der Waals surface area contributed by atoms with Crippen LogP contribution in [0, 0.1) is 0 Å². The fourth-order valence-electron chi connectivity index (χ4n) is 1.92. The van der Waals surface area contributed by atoms with Gasteiger partial charge in [-0.25, -0.2) is 0 Å². The third-order valence-corrected chi connectivity index (χ3v) is 2.62. The molecular weight excluding hydrogens is 198 g/mol. The van der Waals surface area contributed by atoms with Crippen LogP contribution in [-0.4, -0.2) is 0 Å². The average molecular weight is 206 g/mol. The molecule has 3 heteroatoms. The maximum atomic E-state index is 13.5. The van der Waals surface area contributed by atoms with E-state index in [9.17, 15) is 8.78 Å². The van der Waals surface area contributed by atoms with Crippen LogP contribution in [0.25, 0.3) is 17.0 Å². The number of para-hydroxylation sites is 1. The fourth-order valence-corrected chi connectivity index (χ4v) is 1.92. The van der Waals surface area contributed by atoms with Crippen LogP contribution in [0.4, 0.5) is 8.78 Å². The predicted octanol–water partition coefficient (Wildman–Crippen LogP) is 3.94. The second kappa shape index (κ2) is 2.69. The van der Waals surface area contributed by atoms with Crippen LogP contribution < -0.4 is 0 Å². The fraction of sp³-hybridized carbons (Fsp3) is 0.167. The molecule has 0 atom stereocenters. The Kier molecular flexibility index (Phi) is 1.55. The van der Waals surface area contributed by atoms with Crippen molar-refractivity contribution in [3.63, 3.8) is 0 Å². The third kappa shape index (κ3) is 1.12. The quantitative estimate of drug-likeness (QED) is 0.636. The molecule has 0 spiro atoms. The second-order valence-corrected chi connectivity index (χ2v) is 3.65. The van der Waals surface area contributed by atoms with Gasteiger partial charge < -0.3 is 4.42 Å². The minimum atomic E-state index is -2.87. The summed E-state index contributed by atoms with van der Waals surface area (Å²) in [7, 11) is 0.